The molecule has 0 aliphatic heterocycles. The lowest BCUT2D eigenvalue weighted by atomic mass is 9.57. The summed E-state index contributed by atoms with van der Waals surface area (Å²) in [4.78, 5) is 55.9. The summed E-state index contributed by atoms with van der Waals surface area (Å²) in [5.41, 5.74) is 3.45. The Balaban J connectivity index is 1.62. The maximum absolute atomic E-state index is 14.1. The van der Waals surface area contributed by atoms with Crippen molar-refractivity contribution in [1.82, 2.24) is 4.90 Å². The molecule has 2 saturated carbocycles. The normalized spacial score (nSPS) is 30.3. The number of carbonyl (C=O) groups is 4. The van der Waals surface area contributed by atoms with Crippen LogP contribution in [0.15, 0.2) is 23.0 Å². The fraction of sp³-hybridized carbons (Fsp3) is 0.562. The third-order valence-electron chi connectivity index (χ3n) is 10.2. The number of fused-ring (bicyclic) bond motifs is 3. The fourth-order valence-electron chi connectivity index (χ4n) is 8.00. The molecule has 2 fully saturated rings. The molecular weight excluding hydrogens is 554 g/mol. The number of anilines is 1. The first kappa shape index (κ1) is 30.7. The lowest BCUT2D eigenvalue weighted by Gasteiger charge is -2.50. The SMILES string of the molecule is CC1CCC[C@@H]1C(=O)CCc1cc(N(C)C)c2c(c1O)C(O)=C1C(=O)C3(O)C(O)=C(C(N)=O)C(=O)C(N(C)C)C3CC1C2. The van der Waals surface area contributed by atoms with E-state index in [-0.39, 0.29) is 54.3 Å². The number of nitrogens with two attached hydrogens (primary N) is 1. The van der Waals surface area contributed by atoms with Crippen molar-refractivity contribution in [3.05, 3.63) is 39.7 Å². The molecule has 6 N–H and O–H groups in total. The standard InChI is InChI=1S/C32H41N3O8/c1-14-7-6-8-17(14)21(36)10-9-15-13-20(34(2)3)18-11-16-12-19-25(35(4)5)28(39)24(31(33)42)30(41)32(19,43)29(40)22(16)27(38)23(18)26(15)37/h13-14,16-17,19,25,37-38,41,43H,6-12H2,1-5H3,(H2,33,42)/t14?,16?,17-,19?,25?,32?/m0/s1. The Morgan fingerprint density at radius 2 is 1.77 bits per heavy atom. The first-order valence-electron chi connectivity index (χ1n) is 14.8. The zero-order chi connectivity index (χ0) is 31.7. The number of aliphatic hydroxyl groups is 3. The van der Waals surface area contributed by atoms with Crippen LogP contribution >= 0.6 is 0 Å². The first-order valence-corrected chi connectivity index (χ1v) is 14.8. The predicted octanol–water partition coefficient (Wildman–Crippen LogP) is 1.97. The van der Waals surface area contributed by atoms with Crippen LogP contribution in [0.2, 0.25) is 0 Å². The second-order valence-electron chi connectivity index (χ2n) is 13.1. The number of hydrogen-bond acceptors (Lipinski definition) is 10. The number of benzene rings is 1. The Morgan fingerprint density at radius 3 is 2.33 bits per heavy atom. The Hall–Kier alpha value is -3.70. The molecule has 4 aliphatic rings. The largest absolute Gasteiger partial charge is 0.508 e. The van der Waals surface area contributed by atoms with Gasteiger partial charge in [-0.3, -0.25) is 24.1 Å². The van der Waals surface area contributed by atoms with E-state index in [1.807, 2.05) is 19.0 Å². The highest BCUT2D eigenvalue weighted by Gasteiger charge is 2.64. The van der Waals surface area contributed by atoms with Crippen LogP contribution in [0.1, 0.15) is 55.7 Å². The average molecular weight is 596 g/mol. The molecule has 11 nitrogen and oxygen atoms in total. The second kappa shape index (κ2) is 10.8. The Labute approximate surface area is 250 Å². The number of likely N-dealkylation sites (N-methyl/N-ethyl adjacent to an activating group) is 1. The fourth-order valence-corrected chi connectivity index (χ4v) is 8.00. The molecule has 4 aliphatic carbocycles. The summed E-state index contributed by atoms with van der Waals surface area (Å²) in [7, 11) is 6.77. The highest BCUT2D eigenvalue weighted by atomic mass is 16.3. The first-order chi connectivity index (χ1) is 20.1. The van der Waals surface area contributed by atoms with E-state index in [4.69, 9.17) is 5.73 Å². The maximum Gasteiger partial charge on any atom is 0.255 e. The summed E-state index contributed by atoms with van der Waals surface area (Å²) in [6, 6.07) is 0.667. The monoisotopic (exact) mass is 595 g/mol. The van der Waals surface area contributed by atoms with Crippen molar-refractivity contribution in [2.45, 2.75) is 63.5 Å². The number of nitrogens with zero attached hydrogens (tertiary/aromatic N) is 2. The third kappa shape index (κ3) is 4.55. The number of phenolic OH excluding ortho intramolecular Hbond substituents is 1. The highest BCUT2D eigenvalue weighted by Crippen LogP contribution is 2.54. The number of ketones is 3. The Bertz CT molecular complexity index is 1490. The minimum atomic E-state index is -2.69. The van der Waals surface area contributed by atoms with Crippen LogP contribution in [0, 0.1) is 23.7 Å². The van der Waals surface area contributed by atoms with Crippen molar-refractivity contribution in [3.8, 4) is 5.75 Å². The van der Waals surface area contributed by atoms with Gasteiger partial charge in [0.2, 0.25) is 5.78 Å². The van der Waals surface area contributed by atoms with Crippen molar-refractivity contribution in [2.75, 3.05) is 33.1 Å². The number of aromatic hydroxyl groups is 1. The van der Waals surface area contributed by atoms with Crippen LogP contribution in [0.3, 0.4) is 0 Å². The molecule has 232 valence electrons. The van der Waals surface area contributed by atoms with Crippen LogP contribution in [0.4, 0.5) is 5.69 Å². The molecule has 1 aromatic rings. The molecule has 0 spiro atoms. The van der Waals surface area contributed by atoms with E-state index in [0.29, 0.717) is 22.7 Å². The Kier molecular flexibility index (Phi) is 7.71. The van der Waals surface area contributed by atoms with Gasteiger partial charge in [0, 0.05) is 43.6 Å². The van der Waals surface area contributed by atoms with Crippen molar-refractivity contribution in [3.63, 3.8) is 0 Å². The number of phenols is 1. The highest BCUT2D eigenvalue weighted by molar-refractivity contribution is 6.24. The summed E-state index contributed by atoms with van der Waals surface area (Å²) in [5, 5.41) is 46.0. The molecule has 0 saturated heterocycles. The van der Waals surface area contributed by atoms with Crippen LogP contribution in [0.25, 0.3) is 5.76 Å². The molecule has 5 rings (SSSR count). The van der Waals surface area contributed by atoms with Gasteiger partial charge in [-0.05, 0) is 75.2 Å². The lowest BCUT2D eigenvalue weighted by molar-refractivity contribution is -0.153. The van der Waals surface area contributed by atoms with Gasteiger partial charge in [-0.2, -0.15) is 0 Å². The van der Waals surface area contributed by atoms with Gasteiger partial charge in [0.05, 0.1) is 11.6 Å². The van der Waals surface area contributed by atoms with Crippen LogP contribution in [-0.2, 0) is 32.0 Å². The minimum absolute atomic E-state index is 0.00249. The van der Waals surface area contributed by atoms with E-state index < -0.39 is 58.0 Å². The van der Waals surface area contributed by atoms with E-state index in [1.165, 1.54) is 4.90 Å². The number of carbonyl (C=O) groups excluding carboxylic acids is 4. The van der Waals surface area contributed by atoms with E-state index in [9.17, 15) is 39.6 Å². The molecule has 43 heavy (non-hydrogen) atoms. The van der Waals surface area contributed by atoms with Crippen molar-refractivity contribution in [2.24, 2.45) is 29.4 Å². The van der Waals surface area contributed by atoms with Crippen molar-refractivity contribution < 1.29 is 39.6 Å². The molecule has 5 unspecified atom stereocenters. The number of aryl methyl sites for hydroxylation is 1. The van der Waals surface area contributed by atoms with Crippen molar-refractivity contribution >= 4 is 34.7 Å². The van der Waals surface area contributed by atoms with Crippen LogP contribution in [0.5, 0.6) is 5.75 Å². The summed E-state index contributed by atoms with van der Waals surface area (Å²) in [5.74, 6) is -6.34. The van der Waals surface area contributed by atoms with Gasteiger partial charge in [0.1, 0.15) is 28.6 Å². The van der Waals surface area contributed by atoms with Gasteiger partial charge in [0.25, 0.3) is 5.91 Å². The molecule has 0 radical (unpaired) electrons. The average Bonchev–Trinajstić information content (AvgIpc) is 3.35. The van der Waals surface area contributed by atoms with Gasteiger partial charge >= 0.3 is 0 Å². The summed E-state index contributed by atoms with van der Waals surface area (Å²) in [6.07, 6.45) is 3.59. The van der Waals surface area contributed by atoms with Crippen LogP contribution in [-0.4, -0.2) is 88.4 Å². The number of rotatable bonds is 7. The Morgan fingerprint density at radius 1 is 1.09 bits per heavy atom. The predicted molar refractivity (Wildman–Crippen MR) is 158 cm³/mol. The van der Waals surface area contributed by atoms with Gasteiger partial charge in [-0.1, -0.05) is 13.3 Å². The van der Waals surface area contributed by atoms with E-state index in [2.05, 4.69) is 6.92 Å². The maximum atomic E-state index is 14.1. The number of aliphatic hydroxyl groups excluding tert-OH is 2. The van der Waals surface area contributed by atoms with Gasteiger partial charge in [-0.25, -0.2) is 0 Å². The van der Waals surface area contributed by atoms with Crippen LogP contribution < -0.4 is 10.6 Å². The molecule has 1 amide bonds. The number of Topliss-reactive ketones (excluding diaryl/α,β-unsaturated/α-hetero) is 3. The van der Waals surface area contributed by atoms with Gasteiger partial charge in [0.15, 0.2) is 11.4 Å². The van der Waals surface area contributed by atoms with Crippen molar-refractivity contribution in [1.29, 1.82) is 0 Å². The molecule has 6 atom stereocenters. The minimum Gasteiger partial charge on any atom is -0.508 e. The van der Waals surface area contributed by atoms with E-state index in [0.717, 1.165) is 19.3 Å². The topological polar surface area (TPSA) is 182 Å². The molecule has 0 heterocycles. The number of amides is 1. The smallest absolute Gasteiger partial charge is 0.255 e. The summed E-state index contributed by atoms with van der Waals surface area (Å²) in [6.45, 7) is 2.08. The van der Waals surface area contributed by atoms with E-state index in [1.54, 1.807) is 20.2 Å². The molecule has 11 heteroatoms. The van der Waals surface area contributed by atoms with Gasteiger partial charge < -0.3 is 31.1 Å². The zero-order valence-corrected chi connectivity index (χ0v) is 25.3. The zero-order valence-electron chi connectivity index (χ0n) is 25.3. The molecule has 0 aromatic heterocycles. The summed E-state index contributed by atoms with van der Waals surface area (Å²) >= 11 is 0. The number of hydrogen-bond donors (Lipinski definition) is 5. The quantitative estimate of drug-likeness (QED) is 0.292. The lowest BCUT2D eigenvalue weighted by Crippen LogP contribution is -2.65. The molecule has 1 aromatic carbocycles. The molecular formula is C32H41N3O8. The second-order valence-corrected chi connectivity index (χ2v) is 13.1. The van der Waals surface area contributed by atoms with Gasteiger partial charge in [-0.15, -0.1) is 0 Å². The third-order valence-corrected chi connectivity index (χ3v) is 10.2. The van der Waals surface area contributed by atoms with E-state index >= 15 is 0 Å². The number of primary amides is 1. The summed E-state index contributed by atoms with van der Waals surface area (Å²) < 4.78 is 0. The molecule has 0 bridgehead atoms.